The second-order valence-corrected chi connectivity index (χ2v) is 7.52. The van der Waals surface area contributed by atoms with E-state index < -0.39 is 0 Å². The number of fused-ring (bicyclic) bond motifs is 1. The topological polar surface area (TPSA) is 84.9 Å². The Bertz CT molecular complexity index is 954. The number of carbonyl (C=O) groups is 3. The van der Waals surface area contributed by atoms with Crippen LogP contribution >= 0.6 is 0 Å². The minimum absolute atomic E-state index is 0.147. The summed E-state index contributed by atoms with van der Waals surface area (Å²) in [5.74, 6) is 0.924. The van der Waals surface area contributed by atoms with E-state index in [1.165, 1.54) is 4.90 Å². The first kappa shape index (κ1) is 19.9. The summed E-state index contributed by atoms with van der Waals surface area (Å²) in [6, 6.07) is 12.4. The first-order valence-electron chi connectivity index (χ1n) is 10.1. The highest BCUT2D eigenvalue weighted by atomic mass is 16.5. The molecule has 7 nitrogen and oxygen atoms in total. The molecule has 4 rings (SSSR count). The maximum atomic E-state index is 12.6. The third-order valence-corrected chi connectivity index (χ3v) is 5.33. The summed E-state index contributed by atoms with van der Waals surface area (Å²) >= 11 is 0. The fourth-order valence-corrected chi connectivity index (χ4v) is 3.56. The van der Waals surface area contributed by atoms with Gasteiger partial charge in [-0.3, -0.25) is 19.3 Å². The van der Waals surface area contributed by atoms with Crippen LogP contribution in [0.5, 0.6) is 11.5 Å². The van der Waals surface area contributed by atoms with Gasteiger partial charge >= 0.3 is 0 Å². The number of rotatable bonds is 5. The third-order valence-electron chi connectivity index (χ3n) is 5.33. The van der Waals surface area contributed by atoms with Gasteiger partial charge in [-0.1, -0.05) is 18.2 Å². The predicted molar refractivity (Wildman–Crippen MR) is 109 cm³/mol. The number of likely N-dealkylation sites (tertiary alicyclic amines) is 1. The fourth-order valence-electron chi connectivity index (χ4n) is 3.56. The number of nitrogens with zero attached hydrogens (tertiary/aromatic N) is 1. The molecule has 1 N–H and O–H groups in total. The number of nitrogens with one attached hydrogen (secondary N) is 1. The van der Waals surface area contributed by atoms with Crippen LogP contribution in [-0.4, -0.2) is 35.8 Å². The Morgan fingerprint density at radius 1 is 1.00 bits per heavy atom. The van der Waals surface area contributed by atoms with Gasteiger partial charge in [-0.15, -0.1) is 0 Å². The van der Waals surface area contributed by atoms with Crippen LogP contribution in [0.3, 0.4) is 0 Å². The summed E-state index contributed by atoms with van der Waals surface area (Å²) in [6.07, 6.45) is 1.39. The normalized spacial score (nSPS) is 16.9. The highest BCUT2D eigenvalue weighted by Gasteiger charge is 2.28. The Morgan fingerprint density at radius 3 is 2.37 bits per heavy atom. The summed E-state index contributed by atoms with van der Waals surface area (Å²) in [5.41, 5.74) is 2.25. The van der Waals surface area contributed by atoms with Gasteiger partial charge in [-0.25, -0.2) is 0 Å². The van der Waals surface area contributed by atoms with Crippen molar-refractivity contribution in [1.82, 2.24) is 10.2 Å². The molecule has 2 aromatic carbocycles. The molecule has 0 spiro atoms. The van der Waals surface area contributed by atoms with Gasteiger partial charge in [0.2, 0.25) is 11.8 Å². The molecule has 2 aliphatic heterocycles. The van der Waals surface area contributed by atoms with Crippen molar-refractivity contribution < 1.29 is 23.9 Å². The lowest BCUT2D eigenvalue weighted by molar-refractivity contribution is -0.139. The molecule has 7 heteroatoms. The highest BCUT2D eigenvalue weighted by molar-refractivity contribution is 6.01. The van der Waals surface area contributed by atoms with E-state index in [4.69, 9.17) is 9.47 Å². The molecular weight excluding hydrogens is 384 g/mol. The standard InChI is InChI=1S/C23H24N2O5/c1-15(18-7-8-19-20(13-18)30-12-2-11-29-19)24-23(28)17-5-3-16(4-6-17)14-25-21(26)9-10-22(25)27/h3-8,13,15H,2,9-12,14H2,1H3,(H,24,28). The van der Waals surface area contributed by atoms with Gasteiger partial charge in [-0.2, -0.15) is 0 Å². The molecule has 1 atom stereocenters. The van der Waals surface area contributed by atoms with Crippen molar-refractivity contribution >= 4 is 17.7 Å². The molecule has 1 fully saturated rings. The second kappa shape index (κ2) is 8.57. The lowest BCUT2D eigenvalue weighted by Gasteiger charge is -2.17. The SMILES string of the molecule is CC(NC(=O)c1ccc(CN2C(=O)CCC2=O)cc1)c1ccc2c(c1)OCCCO2. The molecule has 2 aromatic rings. The quantitative estimate of drug-likeness (QED) is 0.769. The number of amides is 3. The van der Waals surface area contributed by atoms with E-state index in [0.29, 0.717) is 24.5 Å². The molecule has 0 aliphatic carbocycles. The van der Waals surface area contributed by atoms with E-state index in [2.05, 4.69) is 5.32 Å². The van der Waals surface area contributed by atoms with Crippen molar-refractivity contribution in [3.63, 3.8) is 0 Å². The molecule has 30 heavy (non-hydrogen) atoms. The third kappa shape index (κ3) is 4.30. The van der Waals surface area contributed by atoms with Crippen molar-refractivity contribution in [1.29, 1.82) is 0 Å². The average molecular weight is 408 g/mol. The van der Waals surface area contributed by atoms with Crippen molar-refractivity contribution in [2.75, 3.05) is 13.2 Å². The van der Waals surface area contributed by atoms with E-state index in [1.807, 2.05) is 25.1 Å². The molecule has 1 unspecified atom stereocenters. The van der Waals surface area contributed by atoms with E-state index in [-0.39, 0.29) is 43.1 Å². The summed E-state index contributed by atoms with van der Waals surface area (Å²) in [7, 11) is 0. The van der Waals surface area contributed by atoms with Gasteiger partial charge in [-0.05, 0) is 42.3 Å². The highest BCUT2D eigenvalue weighted by Crippen LogP contribution is 2.32. The summed E-state index contributed by atoms with van der Waals surface area (Å²) < 4.78 is 11.4. The zero-order valence-electron chi connectivity index (χ0n) is 16.8. The van der Waals surface area contributed by atoms with E-state index >= 15 is 0 Å². The summed E-state index contributed by atoms with van der Waals surface area (Å²) in [5, 5.41) is 2.99. The lowest BCUT2D eigenvalue weighted by Crippen LogP contribution is -2.28. The Hall–Kier alpha value is -3.35. The van der Waals surface area contributed by atoms with Crippen LogP contribution in [0.2, 0.25) is 0 Å². The van der Waals surface area contributed by atoms with Gasteiger partial charge in [0.15, 0.2) is 11.5 Å². The molecular formula is C23H24N2O5. The molecule has 0 saturated carbocycles. The number of hydrogen-bond acceptors (Lipinski definition) is 5. The molecule has 156 valence electrons. The number of carbonyl (C=O) groups excluding carboxylic acids is 3. The molecule has 2 aliphatic rings. The van der Waals surface area contributed by atoms with Crippen LogP contribution in [-0.2, 0) is 16.1 Å². The summed E-state index contributed by atoms with van der Waals surface area (Å²) in [4.78, 5) is 37.4. The van der Waals surface area contributed by atoms with Crippen molar-refractivity contribution in [2.45, 2.75) is 38.8 Å². The van der Waals surface area contributed by atoms with Crippen LogP contribution in [0.4, 0.5) is 0 Å². The van der Waals surface area contributed by atoms with Crippen molar-refractivity contribution in [2.24, 2.45) is 0 Å². The van der Waals surface area contributed by atoms with Gasteiger partial charge in [0.05, 0.1) is 25.8 Å². The largest absolute Gasteiger partial charge is 0.490 e. The van der Waals surface area contributed by atoms with Crippen LogP contribution in [0.15, 0.2) is 42.5 Å². The molecule has 0 aromatic heterocycles. The van der Waals surface area contributed by atoms with Gasteiger partial charge in [0, 0.05) is 24.8 Å². The first-order valence-corrected chi connectivity index (χ1v) is 10.1. The van der Waals surface area contributed by atoms with Crippen LogP contribution < -0.4 is 14.8 Å². The van der Waals surface area contributed by atoms with Gasteiger partial charge in [0.25, 0.3) is 5.91 Å². The van der Waals surface area contributed by atoms with Crippen molar-refractivity contribution in [3.05, 3.63) is 59.2 Å². The van der Waals surface area contributed by atoms with Crippen LogP contribution in [0.1, 0.15) is 53.7 Å². The second-order valence-electron chi connectivity index (χ2n) is 7.52. The number of benzene rings is 2. The maximum Gasteiger partial charge on any atom is 0.251 e. The molecule has 0 bridgehead atoms. The predicted octanol–water partition coefficient (Wildman–Crippen LogP) is 2.99. The fraction of sp³-hybridized carbons (Fsp3) is 0.348. The Labute approximate surface area is 175 Å². The lowest BCUT2D eigenvalue weighted by atomic mass is 10.1. The molecule has 2 heterocycles. The Balaban J connectivity index is 1.39. The van der Waals surface area contributed by atoms with Gasteiger partial charge in [0.1, 0.15) is 0 Å². The smallest absolute Gasteiger partial charge is 0.251 e. The maximum absolute atomic E-state index is 12.6. The minimum Gasteiger partial charge on any atom is -0.490 e. The van der Waals surface area contributed by atoms with Crippen molar-refractivity contribution in [3.8, 4) is 11.5 Å². The average Bonchev–Trinajstić information content (AvgIpc) is 2.95. The number of hydrogen-bond donors (Lipinski definition) is 1. The van der Waals surface area contributed by atoms with E-state index in [0.717, 1.165) is 23.3 Å². The Morgan fingerprint density at radius 2 is 1.67 bits per heavy atom. The number of ether oxygens (including phenoxy) is 2. The first-order chi connectivity index (χ1) is 14.5. The summed E-state index contributed by atoms with van der Waals surface area (Å²) in [6.45, 7) is 3.40. The van der Waals surface area contributed by atoms with E-state index in [1.54, 1.807) is 24.3 Å². The monoisotopic (exact) mass is 408 g/mol. The zero-order chi connectivity index (χ0) is 21.1. The van der Waals surface area contributed by atoms with Gasteiger partial charge < -0.3 is 14.8 Å². The molecule has 3 amide bonds. The van der Waals surface area contributed by atoms with E-state index in [9.17, 15) is 14.4 Å². The molecule has 0 radical (unpaired) electrons. The Kier molecular flexibility index (Phi) is 5.70. The minimum atomic E-state index is -0.214. The molecule has 1 saturated heterocycles. The van der Waals surface area contributed by atoms with Crippen LogP contribution in [0, 0.1) is 0 Å². The zero-order valence-corrected chi connectivity index (χ0v) is 16.8. The van der Waals surface area contributed by atoms with Crippen LogP contribution in [0.25, 0.3) is 0 Å². The number of imide groups is 1.